The standard InChI is InChI=1S/C11H18N4O2/c1-8(2)11-13-9(14-17-11)7-10(16)15-5-3-12-4-6-15/h8,12H,3-7H2,1-2H3. The molecular weight excluding hydrogens is 220 g/mol. The average molecular weight is 238 g/mol. The molecule has 2 rings (SSSR count). The smallest absolute Gasteiger partial charge is 0.230 e. The summed E-state index contributed by atoms with van der Waals surface area (Å²) in [7, 11) is 0. The Hall–Kier alpha value is -1.43. The van der Waals surface area contributed by atoms with Gasteiger partial charge >= 0.3 is 0 Å². The van der Waals surface area contributed by atoms with Gasteiger partial charge in [0.1, 0.15) is 0 Å². The van der Waals surface area contributed by atoms with E-state index in [4.69, 9.17) is 4.52 Å². The van der Waals surface area contributed by atoms with E-state index in [0.29, 0.717) is 11.7 Å². The van der Waals surface area contributed by atoms with Crippen molar-refractivity contribution in [3.05, 3.63) is 11.7 Å². The molecule has 0 bridgehead atoms. The van der Waals surface area contributed by atoms with Gasteiger partial charge in [0.2, 0.25) is 11.8 Å². The van der Waals surface area contributed by atoms with Crippen LogP contribution in [0.1, 0.15) is 31.5 Å². The van der Waals surface area contributed by atoms with Crippen LogP contribution < -0.4 is 5.32 Å². The molecule has 6 heteroatoms. The van der Waals surface area contributed by atoms with Gasteiger partial charge in [-0.15, -0.1) is 0 Å². The van der Waals surface area contributed by atoms with Crippen LogP contribution in [-0.2, 0) is 11.2 Å². The normalized spacial score (nSPS) is 16.5. The number of piperazine rings is 1. The minimum atomic E-state index is 0.0719. The number of hydrogen-bond donors (Lipinski definition) is 1. The SMILES string of the molecule is CC(C)c1nc(CC(=O)N2CCNCC2)no1. The fourth-order valence-corrected chi connectivity index (χ4v) is 1.74. The number of hydrogen-bond acceptors (Lipinski definition) is 5. The Morgan fingerprint density at radius 3 is 2.76 bits per heavy atom. The second-order valence-electron chi connectivity index (χ2n) is 4.51. The lowest BCUT2D eigenvalue weighted by molar-refractivity contribution is -0.131. The van der Waals surface area contributed by atoms with E-state index in [9.17, 15) is 4.79 Å². The summed E-state index contributed by atoms with van der Waals surface area (Å²) in [5.74, 6) is 1.35. The molecule has 1 N–H and O–H groups in total. The van der Waals surface area contributed by atoms with E-state index in [1.54, 1.807) is 0 Å². The number of carbonyl (C=O) groups excluding carboxylic acids is 1. The Kier molecular flexibility index (Phi) is 3.73. The fraction of sp³-hybridized carbons (Fsp3) is 0.727. The third kappa shape index (κ3) is 3.03. The maximum Gasteiger partial charge on any atom is 0.230 e. The van der Waals surface area contributed by atoms with Crippen LogP contribution >= 0.6 is 0 Å². The van der Waals surface area contributed by atoms with Crippen LogP contribution in [0.5, 0.6) is 0 Å². The summed E-state index contributed by atoms with van der Waals surface area (Å²) in [6.07, 6.45) is 0.232. The number of amides is 1. The summed E-state index contributed by atoms with van der Waals surface area (Å²) >= 11 is 0. The Balaban J connectivity index is 1.92. The van der Waals surface area contributed by atoms with Crippen molar-refractivity contribution in [1.29, 1.82) is 0 Å². The molecule has 1 saturated heterocycles. The minimum absolute atomic E-state index is 0.0719. The predicted octanol–water partition coefficient (Wildman–Crippen LogP) is 0.167. The molecule has 94 valence electrons. The van der Waals surface area contributed by atoms with E-state index in [-0.39, 0.29) is 18.2 Å². The fourth-order valence-electron chi connectivity index (χ4n) is 1.74. The molecule has 1 aliphatic rings. The summed E-state index contributed by atoms with van der Waals surface area (Å²) in [6.45, 7) is 7.19. The second-order valence-corrected chi connectivity index (χ2v) is 4.51. The van der Waals surface area contributed by atoms with Gasteiger partial charge in [0.25, 0.3) is 0 Å². The number of rotatable bonds is 3. The largest absolute Gasteiger partial charge is 0.340 e. The monoisotopic (exact) mass is 238 g/mol. The first-order valence-corrected chi connectivity index (χ1v) is 5.98. The molecule has 0 atom stereocenters. The van der Waals surface area contributed by atoms with Gasteiger partial charge in [0, 0.05) is 32.1 Å². The lowest BCUT2D eigenvalue weighted by atomic mass is 10.2. The number of nitrogens with zero attached hydrogens (tertiary/aromatic N) is 3. The van der Waals surface area contributed by atoms with Crippen molar-refractivity contribution >= 4 is 5.91 Å². The van der Waals surface area contributed by atoms with Crippen molar-refractivity contribution in [3.63, 3.8) is 0 Å². The van der Waals surface area contributed by atoms with Gasteiger partial charge in [-0.2, -0.15) is 4.98 Å². The highest BCUT2D eigenvalue weighted by Gasteiger charge is 2.19. The maximum absolute atomic E-state index is 11.9. The highest BCUT2D eigenvalue weighted by atomic mass is 16.5. The third-order valence-electron chi connectivity index (χ3n) is 2.76. The van der Waals surface area contributed by atoms with Crippen LogP contribution in [0.4, 0.5) is 0 Å². The lowest BCUT2D eigenvalue weighted by Gasteiger charge is -2.26. The zero-order chi connectivity index (χ0) is 12.3. The average Bonchev–Trinajstić information content (AvgIpc) is 2.79. The summed E-state index contributed by atoms with van der Waals surface area (Å²) in [4.78, 5) is 18.0. The molecule has 1 amide bonds. The van der Waals surface area contributed by atoms with Gasteiger partial charge < -0.3 is 14.7 Å². The van der Waals surface area contributed by atoms with E-state index in [2.05, 4.69) is 15.5 Å². The molecule has 0 spiro atoms. The molecule has 1 fully saturated rings. The molecule has 0 unspecified atom stereocenters. The van der Waals surface area contributed by atoms with E-state index < -0.39 is 0 Å². The zero-order valence-corrected chi connectivity index (χ0v) is 10.3. The van der Waals surface area contributed by atoms with Crippen molar-refractivity contribution < 1.29 is 9.32 Å². The van der Waals surface area contributed by atoms with E-state index in [1.807, 2.05) is 18.7 Å². The highest BCUT2D eigenvalue weighted by Crippen LogP contribution is 2.11. The molecule has 0 aromatic carbocycles. The van der Waals surface area contributed by atoms with Crippen LogP contribution in [0.2, 0.25) is 0 Å². The highest BCUT2D eigenvalue weighted by molar-refractivity contribution is 5.78. The van der Waals surface area contributed by atoms with Gasteiger partial charge in [-0.05, 0) is 0 Å². The van der Waals surface area contributed by atoms with Crippen LogP contribution in [-0.4, -0.2) is 47.1 Å². The van der Waals surface area contributed by atoms with Crippen LogP contribution in [0, 0.1) is 0 Å². The molecule has 0 radical (unpaired) electrons. The van der Waals surface area contributed by atoms with Crippen molar-refractivity contribution in [2.75, 3.05) is 26.2 Å². The molecule has 0 saturated carbocycles. The molecule has 1 aromatic heterocycles. The molecular formula is C11H18N4O2. The van der Waals surface area contributed by atoms with E-state index >= 15 is 0 Å². The first-order chi connectivity index (χ1) is 8.16. The Labute approximate surface area is 100 Å². The summed E-state index contributed by atoms with van der Waals surface area (Å²) < 4.78 is 5.07. The predicted molar refractivity (Wildman–Crippen MR) is 61.5 cm³/mol. The van der Waals surface area contributed by atoms with Crippen molar-refractivity contribution in [2.45, 2.75) is 26.2 Å². The molecule has 1 aliphatic heterocycles. The Morgan fingerprint density at radius 1 is 1.47 bits per heavy atom. The number of aromatic nitrogens is 2. The molecule has 1 aromatic rings. The van der Waals surface area contributed by atoms with Gasteiger partial charge in [-0.3, -0.25) is 4.79 Å². The zero-order valence-electron chi connectivity index (χ0n) is 10.3. The van der Waals surface area contributed by atoms with Gasteiger partial charge in [0.05, 0.1) is 6.42 Å². The number of carbonyl (C=O) groups is 1. The van der Waals surface area contributed by atoms with E-state index in [1.165, 1.54) is 0 Å². The summed E-state index contributed by atoms with van der Waals surface area (Å²) in [5, 5.41) is 7.03. The Bertz CT molecular complexity index is 383. The third-order valence-corrected chi connectivity index (χ3v) is 2.76. The van der Waals surface area contributed by atoms with Crippen molar-refractivity contribution in [3.8, 4) is 0 Å². The van der Waals surface area contributed by atoms with Gasteiger partial charge in [0.15, 0.2) is 5.82 Å². The molecule has 6 nitrogen and oxygen atoms in total. The topological polar surface area (TPSA) is 71.3 Å². The van der Waals surface area contributed by atoms with Crippen LogP contribution in [0.25, 0.3) is 0 Å². The first kappa shape index (κ1) is 12.0. The molecule has 0 aliphatic carbocycles. The van der Waals surface area contributed by atoms with Crippen molar-refractivity contribution in [1.82, 2.24) is 20.4 Å². The second kappa shape index (κ2) is 5.27. The number of nitrogens with one attached hydrogen (secondary N) is 1. The van der Waals surface area contributed by atoms with Gasteiger partial charge in [-0.25, -0.2) is 0 Å². The van der Waals surface area contributed by atoms with Crippen LogP contribution in [0.15, 0.2) is 4.52 Å². The van der Waals surface area contributed by atoms with Crippen LogP contribution in [0.3, 0.4) is 0 Å². The molecule has 2 heterocycles. The minimum Gasteiger partial charge on any atom is -0.340 e. The van der Waals surface area contributed by atoms with Crippen molar-refractivity contribution in [2.24, 2.45) is 0 Å². The molecule has 17 heavy (non-hydrogen) atoms. The summed E-state index contributed by atoms with van der Waals surface area (Å²) in [6, 6.07) is 0. The van der Waals surface area contributed by atoms with Gasteiger partial charge in [-0.1, -0.05) is 19.0 Å². The van der Waals surface area contributed by atoms with E-state index in [0.717, 1.165) is 26.2 Å². The first-order valence-electron chi connectivity index (χ1n) is 5.98. The quantitative estimate of drug-likeness (QED) is 0.812. The summed E-state index contributed by atoms with van der Waals surface area (Å²) in [5.41, 5.74) is 0. The maximum atomic E-state index is 11.9. The Morgan fingerprint density at radius 2 is 2.18 bits per heavy atom. The lowest BCUT2D eigenvalue weighted by Crippen LogP contribution is -2.47.